The number of esters is 1. The van der Waals surface area contributed by atoms with Crippen molar-refractivity contribution in [3.8, 4) is 0 Å². The summed E-state index contributed by atoms with van der Waals surface area (Å²) in [5, 5.41) is 0. The molecule has 4 aliphatic rings. The number of ether oxygens (including phenoxy) is 1. The number of ketones is 2. The van der Waals surface area contributed by atoms with E-state index in [4.69, 9.17) is 4.74 Å². The van der Waals surface area contributed by atoms with Crippen molar-refractivity contribution in [3.63, 3.8) is 0 Å². The van der Waals surface area contributed by atoms with Crippen molar-refractivity contribution in [2.24, 2.45) is 40.4 Å². The molecule has 184 valence electrons. The molecule has 8 atom stereocenters. The summed E-state index contributed by atoms with van der Waals surface area (Å²) in [5.74, 6) is 1.97. The number of fused-ring (bicyclic) bond motifs is 5. The van der Waals surface area contributed by atoms with Crippen LogP contribution in [0.25, 0.3) is 0 Å². The fraction of sp³-hybridized carbons (Fsp3) is 0.828. The Morgan fingerprint density at radius 2 is 1.82 bits per heavy atom. The lowest BCUT2D eigenvalue weighted by atomic mass is 9.44. The van der Waals surface area contributed by atoms with Crippen LogP contribution in [0.4, 0.5) is 0 Å². The molecule has 0 spiro atoms. The highest BCUT2D eigenvalue weighted by Crippen LogP contribution is 2.70. The first-order valence-corrected chi connectivity index (χ1v) is 13.5. The molecule has 0 N–H and O–H groups in total. The first-order chi connectivity index (χ1) is 15.5. The van der Waals surface area contributed by atoms with Gasteiger partial charge >= 0.3 is 5.97 Å². The number of carbonyl (C=O) groups is 3. The average Bonchev–Trinajstić information content (AvgIpc) is 2.98. The van der Waals surface area contributed by atoms with Gasteiger partial charge in [-0.15, -0.1) is 0 Å². The molecular weight excluding hydrogens is 412 g/mol. The summed E-state index contributed by atoms with van der Waals surface area (Å²) in [4.78, 5) is 38.5. The lowest BCUT2D eigenvalue weighted by molar-refractivity contribution is -0.195. The number of allylic oxidation sites excluding steroid dienone is 1. The van der Waals surface area contributed by atoms with E-state index < -0.39 is 5.60 Å². The van der Waals surface area contributed by atoms with Gasteiger partial charge in [-0.2, -0.15) is 0 Å². The number of Topliss-reactive ketones (excluding diaryl/α,β-unsaturated/α-hetero) is 1. The molecule has 0 aromatic rings. The van der Waals surface area contributed by atoms with Gasteiger partial charge in [0.1, 0.15) is 0 Å². The first kappa shape index (κ1) is 24.7. The highest BCUT2D eigenvalue weighted by atomic mass is 16.6. The zero-order valence-corrected chi connectivity index (χ0v) is 21.7. The molecular formula is C29H44O4. The summed E-state index contributed by atoms with van der Waals surface area (Å²) >= 11 is 0. The molecule has 3 fully saturated rings. The van der Waals surface area contributed by atoms with Crippen LogP contribution in [0.2, 0.25) is 0 Å². The molecule has 0 aromatic carbocycles. The van der Waals surface area contributed by atoms with Gasteiger partial charge in [-0.25, -0.2) is 0 Å². The standard InChI is InChI=1S/C29H44O4/c1-7-8-9-10-26(32)33-29(20(4)30)19(3)16-25-22-15-18(2)24-17-21(31)11-13-27(24,5)23(22)12-14-28(25,29)6/h17-19,22-23,25H,7-16H2,1-6H3/t18-,19+,22+,23-,25-,27+,28-,29-/m0/s1. The second-order valence-electron chi connectivity index (χ2n) is 12.3. The van der Waals surface area contributed by atoms with Gasteiger partial charge in [0.05, 0.1) is 0 Å². The Hall–Kier alpha value is -1.45. The third-order valence-electron chi connectivity index (χ3n) is 10.6. The van der Waals surface area contributed by atoms with Gasteiger partial charge in [0.15, 0.2) is 17.2 Å². The molecule has 0 radical (unpaired) electrons. The monoisotopic (exact) mass is 456 g/mol. The molecule has 0 bridgehead atoms. The molecule has 0 aromatic heterocycles. The zero-order valence-electron chi connectivity index (χ0n) is 21.7. The summed E-state index contributed by atoms with van der Waals surface area (Å²) in [5.41, 5.74) is 0.130. The summed E-state index contributed by atoms with van der Waals surface area (Å²) in [6.45, 7) is 12.8. The van der Waals surface area contributed by atoms with Crippen LogP contribution in [-0.2, 0) is 19.1 Å². The maximum Gasteiger partial charge on any atom is 0.306 e. The molecule has 4 nitrogen and oxygen atoms in total. The molecule has 4 heteroatoms. The Bertz CT molecular complexity index is 858. The zero-order chi connectivity index (χ0) is 24.2. The highest BCUT2D eigenvalue weighted by molar-refractivity contribution is 5.92. The number of hydrogen-bond donors (Lipinski definition) is 0. The van der Waals surface area contributed by atoms with Crippen molar-refractivity contribution in [2.75, 3.05) is 0 Å². The highest BCUT2D eigenvalue weighted by Gasteiger charge is 2.70. The lowest BCUT2D eigenvalue weighted by Crippen LogP contribution is -2.60. The van der Waals surface area contributed by atoms with Crippen molar-refractivity contribution in [2.45, 2.75) is 111 Å². The molecule has 0 amide bonds. The SMILES string of the molecule is CCCCCC(=O)O[C@]1(C(C)=O)[C@H](C)C[C@H]2[C@@H]3C[C@H](C)C4=CC(=O)CC[C@]4(C)[C@H]3CC[C@@]21C. The predicted molar refractivity (Wildman–Crippen MR) is 129 cm³/mol. The Balaban J connectivity index is 1.67. The van der Waals surface area contributed by atoms with Crippen molar-refractivity contribution in [1.82, 2.24) is 0 Å². The smallest absolute Gasteiger partial charge is 0.306 e. The second-order valence-corrected chi connectivity index (χ2v) is 12.3. The Kier molecular flexibility index (Phi) is 6.46. The fourth-order valence-electron chi connectivity index (χ4n) is 9.10. The number of carbonyl (C=O) groups excluding carboxylic acids is 3. The van der Waals surface area contributed by atoms with E-state index in [-0.39, 0.29) is 34.3 Å². The normalized spacial score (nSPS) is 44.4. The minimum atomic E-state index is -1.01. The molecule has 0 heterocycles. The van der Waals surface area contributed by atoms with Gasteiger partial charge in [0.25, 0.3) is 0 Å². The van der Waals surface area contributed by atoms with Gasteiger partial charge in [-0.3, -0.25) is 14.4 Å². The lowest BCUT2D eigenvalue weighted by Gasteiger charge is -2.60. The van der Waals surface area contributed by atoms with Gasteiger partial charge in [-0.05, 0) is 80.6 Å². The van der Waals surface area contributed by atoms with Crippen molar-refractivity contribution < 1.29 is 19.1 Å². The predicted octanol–water partition coefficient (Wildman–Crippen LogP) is 6.46. The van der Waals surface area contributed by atoms with Crippen LogP contribution < -0.4 is 0 Å². The van der Waals surface area contributed by atoms with Gasteiger partial charge < -0.3 is 4.74 Å². The quantitative estimate of drug-likeness (QED) is 0.340. The molecule has 3 saturated carbocycles. The first-order valence-electron chi connectivity index (χ1n) is 13.5. The third-order valence-corrected chi connectivity index (χ3v) is 10.6. The molecule has 4 rings (SSSR count). The van der Waals surface area contributed by atoms with Gasteiger partial charge in [0, 0.05) is 24.2 Å². The van der Waals surface area contributed by atoms with Crippen LogP contribution in [0.1, 0.15) is 106 Å². The van der Waals surface area contributed by atoms with E-state index in [0.29, 0.717) is 36.5 Å². The summed E-state index contributed by atoms with van der Waals surface area (Å²) in [6, 6.07) is 0. The molecule has 0 unspecified atom stereocenters. The van der Waals surface area contributed by atoms with Crippen LogP contribution in [0.3, 0.4) is 0 Å². The van der Waals surface area contributed by atoms with E-state index in [0.717, 1.165) is 51.4 Å². The van der Waals surface area contributed by atoms with E-state index in [9.17, 15) is 14.4 Å². The molecule has 0 saturated heterocycles. The third kappa shape index (κ3) is 3.57. The van der Waals surface area contributed by atoms with E-state index in [1.165, 1.54) is 5.57 Å². The summed E-state index contributed by atoms with van der Waals surface area (Å²) < 4.78 is 6.30. The van der Waals surface area contributed by atoms with E-state index in [2.05, 4.69) is 34.6 Å². The Labute approximate surface area is 200 Å². The largest absolute Gasteiger partial charge is 0.450 e. The Morgan fingerprint density at radius 1 is 1.09 bits per heavy atom. The van der Waals surface area contributed by atoms with Crippen molar-refractivity contribution in [1.29, 1.82) is 0 Å². The van der Waals surface area contributed by atoms with Crippen LogP contribution in [0.15, 0.2) is 11.6 Å². The minimum Gasteiger partial charge on any atom is -0.450 e. The van der Waals surface area contributed by atoms with E-state index in [1.54, 1.807) is 6.92 Å². The second kappa shape index (κ2) is 8.64. The van der Waals surface area contributed by atoms with Crippen LogP contribution in [-0.4, -0.2) is 23.1 Å². The van der Waals surface area contributed by atoms with Crippen LogP contribution in [0, 0.1) is 40.4 Å². The number of rotatable bonds is 6. The van der Waals surface area contributed by atoms with Crippen molar-refractivity contribution in [3.05, 3.63) is 11.6 Å². The maximum absolute atomic E-state index is 13.3. The van der Waals surface area contributed by atoms with Crippen LogP contribution in [0.5, 0.6) is 0 Å². The fourth-order valence-corrected chi connectivity index (χ4v) is 9.10. The van der Waals surface area contributed by atoms with Gasteiger partial charge in [0.2, 0.25) is 0 Å². The Morgan fingerprint density at radius 3 is 2.48 bits per heavy atom. The molecule has 0 aliphatic heterocycles. The summed E-state index contributed by atoms with van der Waals surface area (Å²) in [6.07, 6.45) is 10.8. The number of hydrogen-bond acceptors (Lipinski definition) is 4. The van der Waals surface area contributed by atoms with Crippen molar-refractivity contribution >= 4 is 17.5 Å². The molecule has 33 heavy (non-hydrogen) atoms. The number of unbranched alkanes of at least 4 members (excludes halogenated alkanes) is 2. The van der Waals surface area contributed by atoms with E-state index in [1.807, 2.05) is 6.08 Å². The summed E-state index contributed by atoms with van der Waals surface area (Å²) in [7, 11) is 0. The van der Waals surface area contributed by atoms with Gasteiger partial charge in [-0.1, -0.05) is 53.0 Å². The van der Waals surface area contributed by atoms with Crippen LogP contribution >= 0.6 is 0 Å². The van der Waals surface area contributed by atoms with E-state index >= 15 is 0 Å². The minimum absolute atomic E-state index is 0.0289. The molecule has 4 aliphatic carbocycles. The maximum atomic E-state index is 13.3. The topological polar surface area (TPSA) is 60.4 Å². The average molecular weight is 457 g/mol.